The minimum Gasteiger partial charge on any atom is -0.481 e. The molecular weight excluding hydrogens is 244 g/mol. The highest BCUT2D eigenvalue weighted by atomic mass is 16.4. The Morgan fingerprint density at radius 1 is 1.26 bits per heavy atom. The Labute approximate surface area is 116 Å². The Bertz CT molecular complexity index is 314. The number of nitrogens with zero attached hydrogens (tertiary/aromatic N) is 1. The van der Waals surface area contributed by atoms with Crippen molar-refractivity contribution < 1.29 is 14.7 Å². The van der Waals surface area contributed by atoms with Crippen LogP contribution in [0.1, 0.15) is 41.0 Å². The molecule has 0 aliphatic carbocycles. The molecule has 0 aromatic rings. The molecule has 0 aromatic heterocycles. The largest absolute Gasteiger partial charge is 0.481 e. The average Bonchev–Trinajstić information content (AvgIpc) is 2.23. The molecule has 5 heteroatoms. The van der Waals surface area contributed by atoms with Crippen molar-refractivity contribution in [3.63, 3.8) is 0 Å². The molecule has 0 heterocycles. The van der Waals surface area contributed by atoms with E-state index in [0.29, 0.717) is 12.5 Å². The molecule has 112 valence electrons. The van der Waals surface area contributed by atoms with Crippen LogP contribution in [0.4, 0.5) is 4.79 Å². The standard InChI is InChI=1S/C14H28N2O3/c1-10(2)7-14(4,5)9-15-13(19)16(6)8-11(3)12(17)18/h10-11H,7-9H2,1-6H3,(H,15,19)(H,17,18). The summed E-state index contributed by atoms with van der Waals surface area (Å²) in [4.78, 5) is 24.0. The molecule has 0 saturated heterocycles. The number of carboxylic acids is 1. The van der Waals surface area contributed by atoms with Gasteiger partial charge in [-0.25, -0.2) is 4.79 Å². The highest BCUT2D eigenvalue weighted by molar-refractivity contribution is 5.75. The molecule has 0 aliphatic rings. The van der Waals surface area contributed by atoms with E-state index in [-0.39, 0.29) is 18.0 Å². The fourth-order valence-electron chi connectivity index (χ4n) is 2.20. The molecule has 19 heavy (non-hydrogen) atoms. The van der Waals surface area contributed by atoms with Crippen molar-refractivity contribution in [2.24, 2.45) is 17.3 Å². The number of amides is 2. The monoisotopic (exact) mass is 272 g/mol. The number of carboxylic acid groups (broad SMARTS) is 1. The molecule has 1 atom stereocenters. The summed E-state index contributed by atoms with van der Waals surface area (Å²) in [5, 5.41) is 11.7. The van der Waals surface area contributed by atoms with Gasteiger partial charge in [-0.3, -0.25) is 4.79 Å². The maximum absolute atomic E-state index is 11.9. The molecule has 0 rings (SSSR count). The summed E-state index contributed by atoms with van der Waals surface area (Å²) in [7, 11) is 1.62. The smallest absolute Gasteiger partial charge is 0.317 e. The van der Waals surface area contributed by atoms with Crippen LogP contribution >= 0.6 is 0 Å². The van der Waals surface area contributed by atoms with Gasteiger partial charge < -0.3 is 15.3 Å². The number of nitrogens with one attached hydrogen (secondary N) is 1. The van der Waals surface area contributed by atoms with Crippen molar-refractivity contribution >= 4 is 12.0 Å². The van der Waals surface area contributed by atoms with Crippen molar-refractivity contribution in [1.29, 1.82) is 0 Å². The predicted octanol–water partition coefficient (Wildman–Crippen LogP) is 2.42. The average molecular weight is 272 g/mol. The number of aliphatic carboxylic acids is 1. The van der Waals surface area contributed by atoms with E-state index in [4.69, 9.17) is 5.11 Å². The fourth-order valence-corrected chi connectivity index (χ4v) is 2.20. The van der Waals surface area contributed by atoms with Crippen molar-refractivity contribution in [3.8, 4) is 0 Å². The minimum atomic E-state index is -0.889. The molecule has 2 N–H and O–H groups in total. The number of hydrogen-bond donors (Lipinski definition) is 2. The Balaban J connectivity index is 4.20. The molecule has 1 unspecified atom stereocenters. The van der Waals surface area contributed by atoms with Crippen LogP contribution in [0.2, 0.25) is 0 Å². The first-order valence-electron chi connectivity index (χ1n) is 6.77. The summed E-state index contributed by atoms with van der Waals surface area (Å²) in [5.41, 5.74) is 0.0447. The SMILES string of the molecule is CC(C)CC(C)(C)CNC(=O)N(C)CC(C)C(=O)O. The van der Waals surface area contributed by atoms with Gasteiger partial charge in [0.2, 0.25) is 0 Å². The molecule has 2 amide bonds. The topological polar surface area (TPSA) is 69.6 Å². The molecule has 0 bridgehead atoms. The molecule has 0 aliphatic heterocycles. The number of urea groups is 1. The van der Waals surface area contributed by atoms with Gasteiger partial charge in [0.25, 0.3) is 0 Å². The van der Waals surface area contributed by atoms with E-state index in [1.54, 1.807) is 14.0 Å². The van der Waals surface area contributed by atoms with Crippen LogP contribution in [0.3, 0.4) is 0 Å². The third-order valence-corrected chi connectivity index (χ3v) is 2.99. The minimum absolute atomic E-state index is 0.0447. The van der Waals surface area contributed by atoms with Gasteiger partial charge >= 0.3 is 12.0 Å². The molecule has 0 fully saturated rings. The second-order valence-electron chi connectivity index (χ2n) is 6.54. The second kappa shape index (κ2) is 7.36. The Morgan fingerprint density at radius 3 is 2.21 bits per heavy atom. The Kier molecular flexibility index (Phi) is 6.87. The first-order chi connectivity index (χ1) is 8.55. The van der Waals surface area contributed by atoms with Gasteiger partial charge in [-0.15, -0.1) is 0 Å². The summed E-state index contributed by atoms with van der Waals surface area (Å²) >= 11 is 0. The maximum atomic E-state index is 11.9. The molecule has 0 aromatic carbocycles. The van der Waals surface area contributed by atoms with E-state index in [1.165, 1.54) is 4.90 Å². The highest BCUT2D eigenvalue weighted by Crippen LogP contribution is 2.24. The normalized spacial score (nSPS) is 13.2. The van der Waals surface area contributed by atoms with Gasteiger partial charge in [0.1, 0.15) is 0 Å². The van der Waals surface area contributed by atoms with Gasteiger partial charge in [-0.1, -0.05) is 34.6 Å². The van der Waals surface area contributed by atoms with E-state index in [1.807, 2.05) is 0 Å². The zero-order chi connectivity index (χ0) is 15.2. The summed E-state index contributed by atoms with van der Waals surface area (Å²) in [6.45, 7) is 10.9. The van der Waals surface area contributed by atoms with Gasteiger partial charge in [0, 0.05) is 20.1 Å². The number of carbonyl (C=O) groups excluding carboxylic acids is 1. The fraction of sp³-hybridized carbons (Fsp3) is 0.857. The first kappa shape index (κ1) is 17.7. The summed E-state index contributed by atoms with van der Waals surface area (Å²) in [6.07, 6.45) is 1.03. The summed E-state index contributed by atoms with van der Waals surface area (Å²) in [5.74, 6) is -0.865. The third-order valence-electron chi connectivity index (χ3n) is 2.99. The van der Waals surface area contributed by atoms with Crippen LogP contribution in [0.5, 0.6) is 0 Å². The van der Waals surface area contributed by atoms with Crippen LogP contribution in [0.15, 0.2) is 0 Å². The number of hydrogen-bond acceptors (Lipinski definition) is 2. The predicted molar refractivity (Wildman–Crippen MR) is 76.1 cm³/mol. The molecule has 0 radical (unpaired) electrons. The number of rotatable bonds is 7. The van der Waals surface area contributed by atoms with E-state index >= 15 is 0 Å². The molecule has 5 nitrogen and oxygen atoms in total. The van der Waals surface area contributed by atoms with E-state index in [9.17, 15) is 9.59 Å². The van der Waals surface area contributed by atoms with Crippen LogP contribution in [0.25, 0.3) is 0 Å². The van der Waals surface area contributed by atoms with Crippen molar-refractivity contribution in [3.05, 3.63) is 0 Å². The van der Waals surface area contributed by atoms with Crippen LogP contribution in [-0.4, -0.2) is 42.1 Å². The van der Waals surface area contributed by atoms with Crippen LogP contribution < -0.4 is 5.32 Å². The van der Waals surface area contributed by atoms with Crippen LogP contribution in [0, 0.1) is 17.3 Å². The lowest BCUT2D eigenvalue weighted by atomic mass is 9.84. The number of carbonyl (C=O) groups is 2. The first-order valence-corrected chi connectivity index (χ1v) is 6.77. The van der Waals surface area contributed by atoms with Gasteiger partial charge in [0.05, 0.1) is 5.92 Å². The summed E-state index contributed by atoms with van der Waals surface area (Å²) in [6, 6.07) is -0.218. The van der Waals surface area contributed by atoms with Crippen molar-refractivity contribution in [2.75, 3.05) is 20.1 Å². The highest BCUT2D eigenvalue weighted by Gasteiger charge is 2.22. The summed E-state index contributed by atoms with van der Waals surface area (Å²) < 4.78 is 0. The van der Waals surface area contributed by atoms with Crippen molar-refractivity contribution in [1.82, 2.24) is 10.2 Å². The van der Waals surface area contributed by atoms with E-state index in [2.05, 4.69) is 33.0 Å². The van der Waals surface area contributed by atoms with Crippen molar-refractivity contribution in [2.45, 2.75) is 41.0 Å². The lowest BCUT2D eigenvalue weighted by molar-refractivity contribution is -0.141. The molecule has 0 saturated carbocycles. The van der Waals surface area contributed by atoms with Crippen LogP contribution in [-0.2, 0) is 4.79 Å². The Hall–Kier alpha value is -1.26. The Morgan fingerprint density at radius 2 is 1.79 bits per heavy atom. The third kappa shape index (κ3) is 7.70. The molecule has 0 spiro atoms. The lowest BCUT2D eigenvalue weighted by Crippen LogP contribution is -2.44. The second-order valence-corrected chi connectivity index (χ2v) is 6.54. The van der Waals surface area contributed by atoms with E-state index in [0.717, 1.165) is 6.42 Å². The zero-order valence-corrected chi connectivity index (χ0v) is 13.0. The van der Waals surface area contributed by atoms with Gasteiger partial charge in [-0.2, -0.15) is 0 Å². The molecular formula is C14H28N2O3. The quantitative estimate of drug-likeness (QED) is 0.747. The zero-order valence-electron chi connectivity index (χ0n) is 13.0. The maximum Gasteiger partial charge on any atom is 0.317 e. The van der Waals surface area contributed by atoms with Gasteiger partial charge in [-0.05, 0) is 17.8 Å². The lowest BCUT2D eigenvalue weighted by Gasteiger charge is -2.28. The van der Waals surface area contributed by atoms with Gasteiger partial charge in [0.15, 0.2) is 0 Å². The van der Waals surface area contributed by atoms with E-state index < -0.39 is 11.9 Å².